The molecule has 0 radical (unpaired) electrons. The first kappa shape index (κ1) is 59.1. The summed E-state index contributed by atoms with van der Waals surface area (Å²) >= 11 is 0. The first-order valence-corrected chi connectivity index (χ1v) is 27.2. The molecule has 0 spiro atoms. The van der Waals surface area contributed by atoms with Crippen molar-refractivity contribution in [2.45, 2.75) is 309 Å². The minimum Gasteiger partial charge on any atom is -0.462 e. The van der Waals surface area contributed by atoms with E-state index < -0.39 is 6.10 Å². The van der Waals surface area contributed by atoms with Crippen LogP contribution in [0, 0.1) is 0 Å². The number of esters is 3. The molecule has 1 unspecified atom stereocenters. The molecule has 360 valence electrons. The first-order valence-electron chi connectivity index (χ1n) is 27.2. The number of carbonyl (C=O) groups is 3. The lowest BCUT2D eigenvalue weighted by Gasteiger charge is -2.18. The topological polar surface area (TPSA) is 78.9 Å². The van der Waals surface area contributed by atoms with Gasteiger partial charge in [0.05, 0.1) is 0 Å². The number of allylic oxidation sites excluding steroid dienone is 2. The maximum Gasteiger partial charge on any atom is 0.306 e. The average molecular weight is 861 g/mol. The Hall–Kier alpha value is -1.85. The van der Waals surface area contributed by atoms with E-state index in [9.17, 15) is 14.4 Å². The van der Waals surface area contributed by atoms with Crippen molar-refractivity contribution in [1.82, 2.24) is 0 Å². The SMILES string of the molecule is CCCCCC/C=C\CCCC(=O)OCC(COC(=O)CCCCCCCCCCCCCCCCCCCCC)OC(=O)CCCCCCCCCCCCCCCCC. The Morgan fingerprint density at radius 3 is 0.885 bits per heavy atom. The van der Waals surface area contributed by atoms with Crippen LogP contribution in [0.15, 0.2) is 12.2 Å². The van der Waals surface area contributed by atoms with Crippen molar-refractivity contribution >= 4 is 17.9 Å². The number of ether oxygens (including phenoxy) is 3. The van der Waals surface area contributed by atoms with Crippen molar-refractivity contribution in [1.29, 1.82) is 0 Å². The van der Waals surface area contributed by atoms with Crippen LogP contribution < -0.4 is 0 Å². The Morgan fingerprint density at radius 2 is 0.557 bits per heavy atom. The Kier molecular flexibility index (Phi) is 49.3. The van der Waals surface area contributed by atoms with Gasteiger partial charge in [-0.1, -0.05) is 258 Å². The van der Waals surface area contributed by atoms with Crippen molar-refractivity contribution < 1.29 is 28.6 Å². The van der Waals surface area contributed by atoms with Gasteiger partial charge < -0.3 is 14.2 Å². The van der Waals surface area contributed by atoms with E-state index in [-0.39, 0.29) is 31.1 Å². The maximum absolute atomic E-state index is 12.8. The fraction of sp³-hybridized carbons (Fsp3) is 0.909. The summed E-state index contributed by atoms with van der Waals surface area (Å²) in [5.74, 6) is -0.891. The van der Waals surface area contributed by atoms with E-state index in [4.69, 9.17) is 14.2 Å². The lowest BCUT2D eigenvalue weighted by Crippen LogP contribution is -2.30. The van der Waals surface area contributed by atoms with Gasteiger partial charge in [-0.3, -0.25) is 14.4 Å². The second-order valence-corrected chi connectivity index (χ2v) is 18.5. The molecule has 0 aliphatic heterocycles. The molecule has 0 aromatic rings. The van der Waals surface area contributed by atoms with Crippen molar-refractivity contribution in [2.75, 3.05) is 13.2 Å². The molecule has 6 heteroatoms. The first-order chi connectivity index (χ1) is 30.0. The van der Waals surface area contributed by atoms with Crippen LogP contribution in [-0.2, 0) is 28.6 Å². The summed E-state index contributed by atoms with van der Waals surface area (Å²) in [7, 11) is 0. The van der Waals surface area contributed by atoms with Crippen LogP contribution in [-0.4, -0.2) is 37.2 Å². The fourth-order valence-corrected chi connectivity index (χ4v) is 8.15. The number of carbonyl (C=O) groups excluding carboxylic acids is 3. The minimum absolute atomic E-state index is 0.0728. The highest BCUT2D eigenvalue weighted by Gasteiger charge is 2.19. The number of rotatable bonds is 50. The zero-order chi connectivity index (χ0) is 44.4. The van der Waals surface area contributed by atoms with E-state index in [0.29, 0.717) is 19.3 Å². The van der Waals surface area contributed by atoms with Crippen LogP contribution in [0.2, 0.25) is 0 Å². The minimum atomic E-state index is -0.773. The van der Waals surface area contributed by atoms with Crippen molar-refractivity contribution in [2.24, 2.45) is 0 Å². The van der Waals surface area contributed by atoms with E-state index in [0.717, 1.165) is 57.8 Å². The predicted molar refractivity (Wildman–Crippen MR) is 261 cm³/mol. The molecule has 0 aromatic heterocycles. The van der Waals surface area contributed by atoms with E-state index in [1.165, 1.54) is 205 Å². The highest BCUT2D eigenvalue weighted by molar-refractivity contribution is 5.71. The van der Waals surface area contributed by atoms with Crippen LogP contribution >= 0.6 is 0 Å². The van der Waals surface area contributed by atoms with Crippen LogP contribution in [0.1, 0.15) is 303 Å². The molecule has 0 N–H and O–H groups in total. The smallest absolute Gasteiger partial charge is 0.306 e. The van der Waals surface area contributed by atoms with Gasteiger partial charge >= 0.3 is 17.9 Å². The molecule has 0 fully saturated rings. The molecule has 0 amide bonds. The van der Waals surface area contributed by atoms with E-state index in [1.807, 2.05) is 0 Å². The van der Waals surface area contributed by atoms with Crippen molar-refractivity contribution in [3.63, 3.8) is 0 Å². The Bertz CT molecular complexity index is 947. The molecule has 0 saturated heterocycles. The number of hydrogen-bond donors (Lipinski definition) is 0. The maximum atomic E-state index is 12.8. The lowest BCUT2D eigenvalue weighted by atomic mass is 10.0. The molecule has 61 heavy (non-hydrogen) atoms. The normalized spacial score (nSPS) is 12.0. The molecule has 0 heterocycles. The summed E-state index contributed by atoms with van der Waals surface area (Å²) in [4.78, 5) is 37.9. The van der Waals surface area contributed by atoms with Crippen LogP contribution in [0.3, 0.4) is 0 Å². The third-order valence-corrected chi connectivity index (χ3v) is 12.3. The van der Waals surface area contributed by atoms with Gasteiger partial charge in [-0.15, -0.1) is 0 Å². The monoisotopic (exact) mass is 861 g/mol. The zero-order valence-electron chi connectivity index (χ0n) is 41.2. The molecular formula is C55H104O6. The highest BCUT2D eigenvalue weighted by atomic mass is 16.6. The predicted octanol–water partition coefficient (Wildman–Crippen LogP) is 17.8. The molecule has 0 rings (SSSR count). The van der Waals surface area contributed by atoms with E-state index in [1.54, 1.807) is 0 Å². The molecule has 0 aliphatic rings. The molecule has 0 aromatic carbocycles. The largest absolute Gasteiger partial charge is 0.462 e. The van der Waals surface area contributed by atoms with Crippen LogP contribution in [0.25, 0.3) is 0 Å². The molecule has 1 atom stereocenters. The van der Waals surface area contributed by atoms with Gasteiger partial charge in [-0.05, 0) is 38.5 Å². The molecule has 0 saturated carbocycles. The van der Waals surface area contributed by atoms with Gasteiger partial charge in [0.1, 0.15) is 13.2 Å². The van der Waals surface area contributed by atoms with Gasteiger partial charge in [-0.25, -0.2) is 0 Å². The molecule has 0 aliphatic carbocycles. The second kappa shape index (κ2) is 50.8. The summed E-state index contributed by atoms with van der Waals surface area (Å²) < 4.78 is 16.8. The van der Waals surface area contributed by atoms with E-state index >= 15 is 0 Å². The molecule has 6 nitrogen and oxygen atoms in total. The fourth-order valence-electron chi connectivity index (χ4n) is 8.15. The third-order valence-electron chi connectivity index (χ3n) is 12.3. The lowest BCUT2D eigenvalue weighted by molar-refractivity contribution is -0.167. The number of hydrogen-bond acceptors (Lipinski definition) is 6. The van der Waals surface area contributed by atoms with Gasteiger partial charge in [0.15, 0.2) is 6.10 Å². The standard InChI is InChI=1S/C55H104O6/c1-4-7-10-13-16-19-21-23-25-26-27-28-30-31-33-36-39-42-45-48-54(57)60-51-52(50-59-53(56)47-44-41-38-35-18-15-12-9-6-3)61-55(58)49-46-43-40-37-34-32-29-24-22-20-17-14-11-8-5-2/h35,38,52H,4-34,36-37,39-51H2,1-3H3/b38-35-. The summed E-state index contributed by atoms with van der Waals surface area (Å²) in [5, 5.41) is 0. The Morgan fingerprint density at radius 1 is 0.311 bits per heavy atom. The highest BCUT2D eigenvalue weighted by Crippen LogP contribution is 2.17. The zero-order valence-corrected chi connectivity index (χ0v) is 41.2. The van der Waals surface area contributed by atoms with Crippen LogP contribution in [0.5, 0.6) is 0 Å². The third kappa shape index (κ3) is 49.0. The summed E-state index contributed by atoms with van der Waals surface area (Å²) in [5.41, 5.74) is 0. The van der Waals surface area contributed by atoms with Gasteiger partial charge in [-0.2, -0.15) is 0 Å². The number of unbranched alkanes of at least 4 members (excludes halogenated alkanes) is 37. The average Bonchev–Trinajstić information content (AvgIpc) is 3.26. The van der Waals surface area contributed by atoms with Crippen molar-refractivity contribution in [3.8, 4) is 0 Å². The Balaban J connectivity index is 4.23. The van der Waals surface area contributed by atoms with Gasteiger partial charge in [0, 0.05) is 19.3 Å². The molecule has 0 bridgehead atoms. The second-order valence-electron chi connectivity index (χ2n) is 18.5. The summed E-state index contributed by atoms with van der Waals surface area (Å²) in [6, 6.07) is 0. The van der Waals surface area contributed by atoms with Gasteiger partial charge in [0.25, 0.3) is 0 Å². The van der Waals surface area contributed by atoms with E-state index in [2.05, 4.69) is 32.9 Å². The van der Waals surface area contributed by atoms with Gasteiger partial charge in [0.2, 0.25) is 0 Å². The van der Waals surface area contributed by atoms with Crippen molar-refractivity contribution in [3.05, 3.63) is 12.2 Å². The quantitative estimate of drug-likeness (QED) is 0.0262. The summed E-state index contributed by atoms with van der Waals surface area (Å²) in [6.07, 6.45) is 56.4. The molecular weight excluding hydrogens is 757 g/mol. The van der Waals surface area contributed by atoms with Crippen LogP contribution in [0.4, 0.5) is 0 Å². The summed E-state index contributed by atoms with van der Waals surface area (Å²) in [6.45, 7) is 6.63. The Labute approximate surface area is 380 Å².